The van der Waals surface area contributed by atoms with E-state index in [9.17, 15) is 8.78 Å². The average molecular weight is 581 g/mol. The maximum atomic E-state index is 13.7. The van der Waals surface area contributed by atoms with Crippen LogP contribution in [0.3, 0.4) is 0 Å². The van der Waals surface area contributed by atoms with Crippen LogP contribution in [0.4, 0.5) is 8.78 Å². The predicted octanol–water partition coefficient (Wildman–Crippen LogP) is 1.95. The molecule has 2 aliphatic rings. The van der Waals surface area contributed by atoms with Gasteiger partial charge < -0.3 is 24.8 Å². The maximum absolute atomic E-state index is 13.7. The van der Waals surface area contributed by atoms with Crippen molar-refractivity contribution in [3.63, 3.8) is 0 Å². The Balaban J connectivity index is 0.00000144. The maximum Gasteiger partial charge on any atom is -1.00 e. The topological polar surface area (TPSA) is 0 Å². The molecule has 0 N–H and O–H groups in total. The zero-order valence-electron chi connectivity index (χ0n) is 18.6. The van der Waals surface area contributed by atoms with Gasteiger partial charge in [0.15, 0.2) is 0 Å². The standard InChI is InChI=1S/2C15H10F.2ClH.Zr/c2*16-15-7-5-11(6-8-15)14-9-12-3-1-2-4-13(12)10-14;;;/h2*1-10H;2*1H;/q;;;;+2/p-2. The van der Waals surface area contributed by atoms with Crippen LogP contribution in [-0.4, -0.2) is 0 Å². The number of halogens is 4. The first-order valence-electron chi connectivity index (χ1n) is 11.1. The average Bonchev–Trinajstić information content (AvgIpc) is 3.39. The summed E-state index contributed by atoms with van der Waals surface area (Å²) in [7, 11) is 0. The summed E-state index contributed by atoms with van der Waals surface area (Å²) in [5.74, 6) is -0.421. The minimum Gasteiger partial charge on any atom is -1.00 e. The Morgan fingerprint density at radius 1 is 0.486 bits per heavy atom. The molecule has 2 unspecified atom stereocenters. The Bertz CT molecular complexity index is 1300. The van der Waals surface area contributed by atoms with Crippen LogP contribution in [0.1, 0.15) is 40.6 Å². The molecule has 6 rings (SSSR count). The second-order valence-corrected chi connectivity index (χ2v) is 12.2. The Labute approximate surface area is 228 Å². The van der Waals surface area contributed by atoms with Gasteiger partial charge in [0.05, 0.1) is 0 Å². The van der Waals surface area contributed by atoms with Crippen LogP contribution in [0.25, 0.3) is 23.3 Å². The van der Waals surface area contributed by atoms with Gasteiger partial charge in [-0.3, -0.25) is 0 Å². The van der Waals surface area contributed by atoms with Crippen LogP contribution >= 0.6 is 0 Å². The van der Waals surface area contributed by atoms with Gasteiger partial charge in [-0.2, -0.15) is 0 Å². The Morgan fingerprint density at radius 3 is 1.26 bits per heavy atom. The molecule has 0 radical (unpaired) electrons. The molecule has 5 heteroatoms. The van der Waals surface area contributed by atoms with E-state index < -0.39 is 23.2 Å². The monoisotopic (exact) mass is 578 g/mol. The molecule has 0 bridgehead atoms. The number of benzene rings is 4. The van der Waals surface area contributed by atoms with E-state index in [4.69, 9.17) is 0 Å². The quantitative estimate of drug-likeness (QED) is 0.347. The summed E-state index contributed by atoms with van der Waals surface area (Å²) in [6.45, 7) is 0. The van der Waals surface area contributed by atoms with Crippen LogP contribution in [0, 0.1) is 11.6 Å². The third kappa shape index (κ3) is 4.87. The molecule has 0 aliphatic heterocycles. The van der Waals surface area contributed by atoms with E-state index in [0.29, 0.717) is 7.25 Å². The van der Waals surface area contributed by atoms with Gasteiger partial charge in [0.2, 0.25) is 0 Å². The molecule has 0 saturated carbocycles. The Kier molecular flexibility index (Phi) is 7.91. The SMILES string of the molecule is Fc1ccc(C2=Cc3ccccc3[CH]2[Zr+2][CH]2C(c3ccc(F)cc3)=Cc3ccccc32)cc1.[Cl-].[Cl-]. The minimum absolute atomic E-state index is 0. The van der Waals surface area contributed by atoms with Crippen LogP contribution in [-0.2, 0) is 23.2 Å². The molecule has 4 aromatic carbocycles. The first-order chi connectivity index (χ1) is 16.2. The summed E-state index contributed by atoms with van der Waals surface area (Å²) in [6.07, 6.45) is 4.58. The number of rotatable bonds is 4. The van der Waals surface area contributed by atoms with Crippen molar-refractivity contribution in [2.24, 2.45) is 0 Å². The molecule has 2 aliphatic carbocycles. The summed E-state index contributed by atoms with van der Waals surface area (Å²) in [4.78, 5) is 0. The van der Waals surface area contributed by atoms with Crippen LogP contribution in [0.2, 0.25) is 0 Å². The predicted molar refractivity (Wildman–Crippen MR) is 127 cm³/mol. The molecule has 172 valence electrons. The van der Waals surface area contributed by atoms with Crippen molar-refractivity contribution >= 4 is 23.3 Å². The van der Waals surface area contributed by atoms with Crippen LogP contribution in [0.5, 0.6) is 0 Å². The van der Waals surface area contributed by atoms with Gasteiger partial charge in [-0.25, -0.2) is 0 Å². The molecule has 35 heavy (non-hydrogen) atoms. The summed E-state index contributed by atoms with van der Waals surface area (Å²) in [5, 5.41) is 0. The number of allylic oxidation sites excluding steroid dienone is 2. The summed E-state index contributed by atoms with van der Waals surface area (Å²) < 4.78 is 28.0. The molecule has 0 amide bonds. The van der Waals surface area contributed by atoms with E-state index in [2.05, 4.69) is 60.7 Å². The van der Waals surface area contributed by atoms with E-state index >= 15 is 0 Å². The summed E-state index contributed by atoms with van der Waals surface area (Å²) in [6, 6.07) is 31.1. The van der Waals surface area contributed by atoms with Crippen LogP contribution in [0.15, 0.2) is 97.1 Å². The fourth-order valence-corrected chi connectivity index (χ4v) is 10.1. The van der Waals surface area contributed by atoms with E-state index in [-0.39, 0.29) is 36.4 Å². The molecule has 0 nitrogen and oxygen atoms in total. The Hall–Kier alpha value is -2.32. The van der Waals surface area contributed by atoms with Gasteiger partial charge in [-0.05, 0) is 0 Å². The van der Waals surface area contributed by atoms with Gasteiger partial charge in [-0.15, -0.1) is 0 Å². The van der Waals surface area contributed by atoms with E-state index in [1.807, 2.05) is 24.3 Å². The molecule has 2 atom stereocenters. The Morgan fingerprint density at radius 2 is 0.857 bits per heavy atom. The van der Waals surface area contributed by atoms with Crippen molar-refractivity contribution in [1.29, 1.82) is 0 Å². The molecule has 0 spiro atoms. The third-order valence-corrected chi connectivity index (χ3v) is 11.2. The summed E-state index contributed by atoms with van der Waals surface area (Å²) >= 11 is -1.15. The third-order valence-electron chi connectivity index (χ3n) is 6.55. The second kappa shape index (κ2) is 10.7. The largest absolute Gasteiger partial charge is 1.00 e. The molecular weight excluding hydrogens is 560 g/mol. The normalized spacial score (nSPS) is 17.2. The molecule has 4 aromatic rings. The van der Waals surface area contributed by atoms with Crippen molar-refractivity contribution in [3.05, 3.63) is 142 Å². The zero-order valence-corrected chi connectivity index (χ0v) is 22.5. The van der Waals surface area contributed by atoms with E-state index in [1.165, 1.54) is 33.4 Å². The van der Waals surface area contributed by atoms with Gasteiger partial charge in [0.25, 0.3) is 0 Å². The second-order valence-electron chi connectivity index (χ2n) is 8.50. The van der Waals surface area contributed by atoms with Crippen LogP contribution < -0.4 is 24.8 Å². The van der Waals surface area contributed by atoms with E-state index in [0.717, 1.165) is 11.1 Å². The first-order valence-corrected chi connectivity index (χ1v) is 13.9. The molecule has 0 saturated heterocycles. The number of fused-ring (bicyclic) bond motifs is 2. The smallest absolute Gasteiger partial charge is 1.00 e. The zero-order chi connectivity index (χ0) is 22.4. The summed E-state index contributed by atoms with van der Waals surface area (Å²) in [5.41, 5.74) is 10.1. The fourth-order valence-electron chi connectivity index (χ4n) is 4.96. The number of hydrogen-bond donors (Lipinski definition) is 0. The van der Waals surface area contributed by atoms with Gasteiger partial charge in [-0.1, -0.05) is 0 Å². The van der Waals surface area contributed by atoms with E-state index in [1.54, 1.807) is 24.3 Å². The van der Waals surface area contributed by atoms with Crippen molar-refractivity contribution < 1.29 is 56.8 Å². The van der Waals surface area contributed by atoms with Crippen molar-refractivity contribution in [3.8, 4) is 0 Å². The number of hydrogen-bond acceptors (Lipinski definition) is 0. The first kappa shape index (κ1) is 25.8. The van der Waals surface area contributed by atoms with Crippen molar-refractivity contribution in [1.82, 2.24) is 0 Å². The minimum atomic E-state index is -1.15. The van der Waals surface area contributed by atoms with Gasteiger partial charge in [0.1, 0.15) is 0 Å². The molecule has 0 aromatic heterocycles. The molecular formula is C30H20Cl2F2Zr. The van der Waals surface area contributed by atoms with Gasteiger partial charge in [0, 0.05) is 0 Å². The van der Waals surface area contributed by atoms with Gasteiger partial charge >= 0.3 is 205 Å². The molecule has 0 heterocycles. The fraction of sp³-hybridized carbons (Fsp3) is 0.0667. The van der Waals surface area contributed by atoms with Crippen molar-refractivity contribution in [2.45, 2.75) is 7.25 Å². The van der Waals surface area contributed by atoms with Crippen molar-refractivity contribution in [2.75, 3.05) is 0 Å². The molecule has 0 fully saturated rings.